The average Bonchev–Trinajstić information content (AvgIpc) is 2.67. The molecular formula is C14H5ClF3N5O9. The van der Waals surface area contributed by atoms with E-state index in [4.69, 9.17) is 11.6 Å². The fourth-order valence-corrected chi connectivity index (χ4v) is 2.89. The van der Waals surface area contributed by atoms with Crippen LogP contribution in [0.25, 0.3) is 0 Å². The zero-order chi connectivity index (χ0) is 24.5. The first-order chi connectivity index (χ1) is 14.7. The predicted octanol–water partition coefficient (Wildman–Crippen LogP) is 4.29. The molecule has 0 atom stereocenters. The number of amides is 1. The molecular weight excluding hydrogens is 475 g/mol. The summed E-state index contributed by atoms with van der Waals surface area (Å²) in [5.74, 6) is 0. The Labute approximate surface area is 177 Å². The molecule has 0 N–H and O–H groups in total. The number of nitro groups is 4. The van der Waals surface area contributed by atoms with Gasteiger partial charge in [0.25, 0.3) is 11.4 Å². The van der Waals surface area contributed by atoms with Crippen molar-refractivity contribution in [1.29, 1.82) is 0 Å². The highest BCUT2D eigenvalue weighted by molar-refractivity contribution is 6.35. The van der Waals surface area contributed by atoms with E-state index in [1.54, 1.807) is 0 Å². The molecule has 0 aromatic heterocycles. The minimum Gasteiger partial charge on any atom is -0.278 e. The summed E-state index contributed by atoms with van der Waals surface area (Å²) in [5, 5.41) is 43.6. The van der Waals surface area contributed by atoms with Gasteiger partial charge in [-0.25, -0.2) is 0 Å². The smallest absolute Gasteiger partial charge is 0.278 e. The van der Waals surface area contributed by atoms with E-state index in [1.165, 1.54) is 0 Å². The van der Waals surface area contributed by atoms with Crippen molar-refractivity contribution in [2.75, 3.05) is 4.90 Å². The van der Waals surface area contributed by atoms with E-state index >= 15 is 0 Å². The highest BCUT2D eigenvalue weighted by atomic mass is 35.5. The van der Waals surface area contributed by atoms with Crippen LogP contribution >= 0.6 is 11.6 Å². The van der Waals surface area contributed by atoms with Gasteiger partial charge in [0.05, 0.1) is 42.4 Å². The molecule has 32 heavy (non-hydrogen) atoms. The molecule has 0 radical (unpaired) electrons. The third kappa shape index (κ3) is 4.36. The third-order valence-electron chi connectivity index (χ3n) is 3.81. The SMILES string of the molecule is O=CN(c1c(Cl)cc([N+](=O)[O-])cc1[N+](=O)[O-])c1c([N+](=O)[O-])cc([N+](=O)[O-])cc1C(F)(F)F. The van der Waals surface area contributed by atoms with Crippen LogP contribution < -0.4 is 4.90 Å². The van der Waals surface area contributed by atoms with Crippen molar-refractivity contribution in [3.8, 4) is 0 Å². The molecule has 0 saturated carbocycles. The quantitative estimate of drug-likeness (QED) is 0.316. The van der Waals surface area contributed by atoms with E-state index in [9.17, 15) is 58.4 Å². The van der Waals surface area contributed by atoms with Crippen LogP contribution in [0.5, 0.6) is 0 Å². The Morgan fingerprint density at radius 1 is 0.781 bits per heavy atom. The van der Waals surface area contributed by atoms with Crippen LogP contribution in [0.15, 0.2) is 24.3 Å². The average molecular weight is 480 g/mol. The molecule has 0 bridgehead atoms. The van der Waals surface area contributed by atoms with Gasteiger partial charge in [-0.1, -0.05) is 11.6 Å². The molecule has 0 fully saturated rings. The van der Waals surface area contributed by atoms with Crippen molar-refractivity contribution in [3.05, 3.63) is 75.3 Å². The molecule has 2 rings (SSSR count). The summed E-state index contributed by atoms with van der Waals surface area (Å²) in [6, 6.07) is 0.712. The first-order valence-corrected chi connectivity index (χ1v) is 7.99. The van der Waals surface area contributed by atoms with Gasteiger partial charge in [-0.3, -0.25) is 50.2 Å². The Hall–Kier alpha value is -4.41. The minimum atomic E-state index is -5.52. The van der Waals surface area contributed by atoms with Gasteiger partial charge >= 0.3 is 17.6 Å². The number of carbonyl (C=O) groups is 1. The molecule has 14 nitrogen and oxygen atoms in total. The standard InChI is InChI=1S/C14H5ClF3N5O9/c15-9-2-7(21(27)28)4-11(23(31)32)13(9)19(5-24)12-8(14(16,17)18)1-6(20(25)26)3-10(12)22(29)30/h1-5H. The lowest BCUT2D eigenvalue weighted by molar-refractivity contribution is -0.394. The zero-order valence-electron chi connectivity index (χ0n) is 14.8. The number of halogens is 4. The van der Waals surface area contributed by atoms with E-state index in [1.807, 2.05) is 0 Å². The van der Waals surface area contributed by atoms with E-state index in [0.29, 0.717) is 6.07 Å². The summed E-state index contributed by atoms with van der Waals surface area (Å²) in [6.07, 6.45) is -6.02. The predicted molar refractivity (Wildman–Crippen MR) is 97.7 cm³/mol. The lowest BCUT2D eigenvalue weighted by Gasteiger charge is -2.22. The van der Waals surface area contributed by atoms with Crippen LogP contribution in [0, 0.1) is 40.5 Å². The largest absolute Gasteiger partial charge is 0.418 e. The van der Waals surface area contributed by atoms with E-state index in [-0.39, 0.29) is 23.1 Å². The maximum Gasteiger partial charge on any atom is 0.418 e. The third-order valence-corrected chi connectivity index (χ3v) is 4.10. The second-order valence-electron chi connectivity index (χ2n) is 5.66. The number of rotatable bonds is 7. The fraction of sp³-hybridized carbons (Fsp3) is 0.0714. The maximum atomic E-state index is 13.6. The zero-order valence-corrected chi connectivity index (χ0v) is 15.6. The monoisotopic (exact) mass is 479 g/mol. The molecule has 0 saturated heterocycles. The van der Waals surface area contributed by atoms with E-state index in [2.05, 4.69) is 0 Å². The van der Waals surface area contributed by atoms with Crippen molar-refractivity contribution in [1.82, 2.24) is 0 Å². The number of carbonyl (C=O) groups excluding carboxylic acids is 1. The Morgan fingerprint density at radius 3 is 1.59 bits per heavy atom. The molecule has 168 valence electrons. The van der Waals surface area contributed by atoms with Gasteiger partial charge < -0.3 is 0 Å². The van der Waals surface area contributed by atoms with Gasteiger partial charge in [0.1, 0.15) is 11.4 Å². The molecule has 0 aliphatic carbocycles. The Bertz CT molecular complexity index is 1190. The van der Waals surface area contributed by atoms with Gasteiger partial charge in [0.2, 0.25) is 6.41 Å². The molecule has 0 aliphatic rings. The Kier molecular flexibility index (Phi) is 6.25. The van der Waals surface area contributed by atoms with E-state index < -0.39 is 77.0 Å². The van der Waals surface area contributed by atoms with Gasteiger partial charge in [-0.15, -0.1) is 0 Å². The molecule has 2 aromatic rings. The second-order valence-corrected chi connectivity index (χ2v) is 6.07. The van der Waals surface area contributed by atoms with Gasteiger partial charge in [0.15, 0.2) is 0 Å². The summed E-state index contributed by atoms with van der Waals surface area (Å²) in [4.78, 5) is 50.8. The van der Waals surface area contributed by atoms with Gasteiger partial charge in [-0.05, 0) is 0 Å². The number of benzene rings is 2. The number of hydrogen-bond donors (Lipinski definition) is 0. The molecule has 0 heterocycles. The van der Waals surface area contributed by atoms with Crippen molar-refractivity contribution < 1.29 is 37.7 Å². The summed E-state index contributed by atoms with van der Waals surface area (Å²) in [7, 11) is 0. The summed E-state index contributed by atoms with van der Waals surface area (Å²) >= 11 is 5.76. The fourth-order valence-electron chi connectivity index (χ4n) is 2.59. The summed E-state index contributed by atoms with van der Waals surface area (Å²) < 4.78 is 40.9. The number of anilines is 2. The van der Waals surface area contributed by atoms with Crippen LogP contribution in [-0.4, -0.2) is 26.1 Å². The number of non-ortho nitro benzene ring substituents is 2. The van der Waals surface area contributed by atoms with Gasteiger partial charge in [-0.2, -0.15) is 13.2 Å². The van der Waals surface area contributed by atoms with Crippen molar-refractivity contribution in [2.45, 2.75) is 6.18 Å². The molecule has 0 aliphatic heterocycles. The highest BCUT2D eigenvalue weighted by Gasteiger charge is 2.43. The Morgan fingerprint density at radius 2 is 1.22 bits per heavy atom. The minimum absolute atomic E-state index is 0.103. The normalized spacial score (nSPS) is 11.0. The number of nitrogens with zero attached hydrogens (tertiary/aromatic N) is 5. The second kappa shape index (κ2) is 8.38. The Balaban J connectivity index is 3.06. The lowest BCUT2D eigenvalue weighted by Crippen LogP contribution is -2.22. The van der Waals surface area contributed by atoms with Crippen molar-refractivity contribution in [3.63, 3.8) is 0 Å². The molecule has 0 spiro atoms. The molecule has 2 aromatic carbocycles. The topological polar surface area (TPSA) is 193 Å². The van der Waals surface area contributed by atoms with Crippen LogP contribution in [0.2, 0.25) is 5.02 Å². The van der Waals surface area contributed by atoms with Crippen molar-refractivity contribution in [2.24, 2.45) is 0 Å². The highest BCUT2D eigenvalue weighted by Crippen LogP contribution is 2.49. The van der Waals surface area contributed by atoms with E-state index in [0.717, 1.165) is 0 Å². The number of alkyl halides is 3. The first-order valence-electron chi connectivity index (χ1n) is 7.61. The molecule has 18 heteroatoms. The summed E-state index contributed by atoms with van der Waals surface area (Å²) in [6.45, 7) is 0. The maximum absolute atomic E-state index is 13.6. The molecule has 1 amide bonds. The van der Waals surface area contributed by atoms with Gasteiger partial charge in [0, 0.05) is 12.1 Å². The lowest BCUT2D eigenvalue weighted by atomic mass is 10.1. The number of hydrogen-bond acceptors (Lipinski definition) is 9. The number of nitro benzene ring substituents is 4. The first kappa shape index (κ1) is 23.9. The summed E-state index contributed by atoms with van der Waals surface area (Å²) in [5.41, 5.74) is -10.1. The van der Waals surface area contributed by atoms with Crippen molar-refractivity contribution >= 4 is 52.1 Å². The van der Waals surface area contributed by atoms with Crippen LogP contribution in [-0.2, 0) is 11.0 Å². The van der Waals surface area contributed by atoms with Crippen LogP contribution in [0.3, 0.4) is 0 Å². The molecule has 0 unspecified atom stereocenters. The van der Waals surface area contributed by atoms with Crippen LogP contribution in [0.4, 0.5) is 47.3 Å². The van der Waals surface area contributed by atoms with Crippen LogP contribution in [0.1, 0.15) is 5.56 Å².